The first-order valence-electron chi connectivity index (χ1n) is 13.9. The minimum Gasteiger partial charge on any atom is -0.511 e. The summed E-state index contributed by atoms with van der Waals surface area (Å²) in [6.07, 6.45) is 5.05. The second-order valence-electron chi connectivity index (χ2n) is 10.7. The van der Waals surface area contributed by atoms with Crippen molar-refractivity contribution in [1.29, 1.82) is 0 Å². The molecule has 11 heteroatoms. The largest absolute Gasteiger partial charge is 0.511 e. The zero-order valence-corrected chi connectivity index (χ0v) is 22.9. The molecule has 3 aromatic rings. The molecule has 0 spiro atoms. The number of aliphatic imine (C=N–C) groups is 1. The van der Waals surface area contributed by atoms with E-state index in [1.54, 1.807) is 18.2 Å². The Morgan fingerprint density at radius 1 is 1.05 bits per heavy atom. The Morgan fingerprint density at radius 2 is 1.86 bits per heavy atom. The standard InChI is InChI=1S/C32H27N5O6/c38-27-12-19(18-5-2-1-3-6-18)13-28(39)23(27)16-34-21-11-20(14-33-15-21)30(41)35-25-8-4-7-22-24(25)17-37(32(22)43)26-9-10-29(40)36-31(26)42/h1-8,11,14-16,19,26,38H,9-10,12-13,17H2,(H,35,41)(H,36,40,42). The molecular formula is C32H27N5O6. The normalized spacial score (nSPS) is 20.4. The fourth-order valence-electron chi connectivity index (χ4n) is 5.68. The van der Waals surface area contributed by atoms with E-state index in [9.17, 15) is 29.1 Å². The van der Waals surface area contributed by atoms with Crippen molar-refractivity contribution >= 4 is 47.0 Å². The van der Waals surface area contributed by atoms with Crippen molar-refractivity contribution in [3.8, 4) is 0 Å². The Balaban J connectivity index is 1.16. The molecule has 43 heavy (non-hydrogen) atoms. The number of aliphatic hydroxyl groups is 1. The van der Waals surface area contributed by atoms with Gasteiger partial charge >= 0.3 is 0 Å². The maximum atomic E-state index is 13.2. The summed E-state index contributed by atoms with van der Waals surface area (Å²) >= 11 is 0. The lowest BCUT2D eigenvalue weighted by Gasteiger charge is -2.29. The van der Waals surface area contributed by atoms with E-state index in [1.807, 2.05) is 30.3 Å². The van der Waals surface area contributed by atoms with Gasteiger partial charge in [-0.2, -0.15) is 0 Å². The molecule has 4 amide bonds. The van der Waals surface area contributed by atoms with Crippen molar-refractivity contribution in [2.45, 2.75) is 44.2 Å². The number of piperidine rings is 1. The van der Waals surface area contributed by atoms with E-state index in [1.165, 1.54) is 29.6 Å². The van der Waals surface area contributed by atoms with Crippen molar-refractivity contribution in [2.24, 2.45) is 4.99 Å². The van der Waals surface area contributed by atoms with Gasteiger partial charge in [-0.15, -0.1) is 0 Å². The Morgan fingerprint density at radius 3 is 2.63 bits per heavy atom. The highest BCUT2D eigenvalue weighted by molar-refractivity contribution is 6.15. The van der Waals surface area contributed by atoms with Gasteiger partial charge in [-0.05, 0) is 36.1 Å². The molecular weight excluding hydrogens is 550 g/mol. The van der Waals surface area contributed by atoms with Gasteiger partial charge in [0, 0.05) is 55.0 Å². The number of fused-ring (bicyclic) bond motifs is 1. The summed E-state index contributed by atoms with van der Waals surface area (Å²) in [5.74, 6) is -2.08. The molecule has 2 unspecified atom stereocenters. The molecule has 3 N–H and O–H groups in total. The summed E-state index contributed by atoms with van der Waals surface area (Å²) in [7, 11) is 0. The Labute approximate surface area is 246 Å². The SMILES string of the molecule is O=C1CCC(N2Cc3c(NC(=O)c4cncc(N=CC5=C(O)CC(c6ccccc6)CC5=O)c4)cccc3C2=O)C(=O)N1. The van der Waals surface area contributed by atoms with Crippen LogP contribution in [0.3, 0.4) is 0 Å². The van der Waals surface area contributed by atoms with Gasteiger partial charge in [-0.1, -0.05) is 36.4 Å². The number of pyridine rings is 1. The van der Waals surface area contributed by atoms with E-state index in [-0.39, 0.29) is 66.2 Å². The minimum atomic E-state index is -0.769. The third kappa shape index (κ3) is 5.56. The summed E-state index contributed by atoms with van der Waals surface area (Å²) in [4.78, 5) is 72.8. The number of hydrogen-bond donors (Lipinski definition) is 3. The smallest absolute Gasteiger partial charge is 0.257 e. The second kappa shape index (κ2) is 11.4. The topological polar surface area (TPSA) is 158 Å². The van der Waals surface area contributed by atoms with Crippen LogP contribution in [0.5, 0.6) is 0 Å². The summed E-state index contributed by atoms with van der Waals surface area (Å²) in [5.41, 5.74) is 2.97. The van der Waals surface area contributed by atoms with Gasteiger partial charge in [0.05, 0.1) is 23.0 Å². The average molecular weight is 578 g/mol. The molecule has 2 aromatic carbocycles. The zero-order chi connectivity index (χ0) is 30.1. The molecule has 1 aromatic heterocycles. The molecule has 0 bridgehead atoms. The van der Waals surface area contributed by atoms with Crippen LogP contribution in [0.2, 0.25) is 0 Å². The highest BCUT2D eigenvalue weighted by Crippen LogP contribution is 2.34. The molecule has 1 aliphatic carbocycles. The Bertz CT molecular complexity index is 1730. The number of anilines is 1. The molecule has 2 atom stereocenters. The highest BCUT2D eigenvalue weighted by atomic mass is 16.3. The molecule has 1 fully saturated rings. The Kier molecular flexibility index (Phi) is 7.37. The maximum absolute atomic E-state index is 13.2. The number of ketones is 1. The van der Waals surface area contributed by atoms with Gasteiger partial charge in [0.25, 0.3) is 11.8 Å². The highest BCUT2D eigenvalue weighted by Gasteiger charge is 2.40. The lowest BCUT2D eigenvalue weighted by Crippen LogP contribution is -2.52. The van der Waals surface area contributed by atoms with E-state index in [2.05, 4.69) is 20.6 Å². The predicted octanol–water partition coefficient (Wildman–Crippen LogP) is 3.76. The zero-order valence-electron chi connectivity index (χ0n) is 22.9. The van der Waals surface area contributed by atoms with Gasteiger partial charge in [-0.3, -0.25) is 39.3 Å². The predicted molar refractivity (Wildman–Crippen MR) is 156 cm³/mol. The average Bonchev–Trinajstić information content (AvgIpc) is 3.34. The quantitative estimate of drug-likeness (QED) is 0.297. The number of amides is 4. The van der Waals surface area contributed by atoms with Gasteiger partial charge < -0.3 is 15.3 Å². The third-order valence-electron chi connectivity index (χ3n) is 7.91. The monoisotopic (exact) mass is 577 g/mol. The molecule has 2 aliphatic heterocycles. The summed E-state index contributed by atoms with van der Waals surface area (Å²) < 4.78 is 0. The molecule has 1 saturated heterocycles. The number of nitrogens with one attached hydrogen (secondary N) is 2. The number of rotatable bonds is 6. The van der Waals surface area contributed by atoms with Crippen LogP contribution in [-0.4, -0.2) is 56.7 Å². The van der Waals surface area contributed by atoms with Crippen molar-refractivity contribution in [3.63, 3.8) is 0 Å². The lowest BCUT2D eigenvalue weighted by atomic mass is 9.83. The number of hydrogen-bond acceptors (Lipinski definition) is 8. The van der Waals surface area contributed by atoms with E-state index < -0.39 is 17.9 Å². The minimum absolute atomic E-state index is 0.0328. The molecule has 6 rings (SSSR count). The summed E-state index contributed by atoms with van der Waals surface area (Å²) in [5, 5.41) is 15.7. The molecule has 216 valence electrons. The first-order chi connectivity index (χ1) is 20.8. The van der Waals surface area contributed by atoms with Gasteiger partial charge in [0.1, 0.15) is 11.8 Å². The number of aromatic nitrogens is 1. The first kappa shape index (κ1) is 27.7. The molecule has 0 saturated carbocycles. The third-order valence-corrected chi connectivity index (χ3v) is 7.91. The van der Waals surface area contributed by atoms with E-state index in [0.717, 1.165) is 5.56 Å². The van der Waals surface area contributed by atoms with Crippen molar-refractivity contribution in [1.82, 2.24) is 15.2 Å². The fraction of sp³-hybridized carbons (Fsp3) is 0.219. The molecule has 11 nitrogen and oxygen atoms in total. The van der Waals surface area contributed by atoms with Gasteiger partial charge in [-0.25, -0.2) is 0 Å². The number of carbonyl (C=O) groups excluding carboxylic acids is 5. The summed E-state index contributed by atoms with van der Waals surface area (Å²) in [6.45, 7) is 0.108. The van der Waals surface area contributed by atoms with Crippen molar-refractivity contribution in [3.05, 3.63) is 101 Å². The molecule has 0 radical (unpaired) electrons. The molecule has 3 aliphatic rings. The van der Waals surface area contributed by atoms with Gasteiger partial charge in [0.2, 0.25) is 11.8 Å². The van der Waals surface area contributed by atoms with Crippen LogP contribution in [0, 0.1) is 0 Å². The molecule has 3 heterocycles. The van der Waals surface area contributed by atoms with Crippen LogP contribution in [0.1, 0.15) is 63.4 Å². The lowest BCUT2D eigenvalue weighted by molar-refractivity contribution is -0.137. The van der Waals surface area contributed by atoms with Crippen LogP contribution < -0.4 is 10.6 Å². The number of benzene rings is 2. The van der Waals surface area contributed by atoms with E-state index in [0.29, 0.717) is 28.9 Å². The number of aliphatic hydroxyl groups excluding tert-OH is 1. The van der Waals surface area contributed by atoms with Crippen molar-refractivity contribution < 1.29 is 29.1 Å². The van der Waals surface area contributed by atoms with Crippen molar-refractivity contribution in [2.75, 3.05) is 5.32 Å². The van der Waals surface area contributed by atoms with Crippen LogP contribution in [0.4, 0.5) is 11.4 Å². The van der Waals surface area contributed by atoms with Crippen LogP contribution in [0.25, 0.3) is 0 Å². The number of allylic oxidation sites excluding steroid dienone is 2. The van der Waals surface area contributed by atoms with Crippen LogP contribution in [-0.2, 0) is 20.9 Å². The maximum Gasteiger partial charge on any atom is 0.257 e. The van der Waals surface area contributed by atoms with E-state index >= 15 is 0 Å². The van der Waals surface area contributed by atoms with Gasteiger partial charge in [0.15, 0.2) is 5.78 Å². The Hall–Kier alpha value is -5.45. The van der Waals surface area contributed by atoms with Crippen LogP contribution >= 0.6 is 0 Å². The van der Waals surface area contributed by atoms with E-state index in [4.69, 9.17) is 0 Å². The van der Waals surface area contributed by atoms with Crippen LogP contribution in [0.15, 0.2) is 83.3 Å². The number of nitrogens with zero attached hydrogens (tertiary/aromatic N) is 3. The number of Topliss-reactive ketones (excluding diaryl/α,β-unsaturated/α-hetero) is 1. The first-order valence-corrected chi connectivity index (χ1v) is 13.9. The number of carbonyl (C=O) groups is 5. The summed E-state index contributed by atoms with van der Waals surface area (Å²) in [6, 6.07) is 15.2. The fourth-order valence-corrected chi connectivity index (χ4v) is 5.68. The second-order valence-corrected chi connectivity index (χ2v) is 10.7. The number of imide groups is 1.